The third-order valence-electron chi connectivity index (χ3n) is 4.36. The summed E-state index contributed by atoms with van der Waals surface area (Å²) in [7, 11) is 0. The highest BCUT2D eigenvalue weighted by molar-refractivity contribution is 7.98. The average molecular weight is 315 g/mol. The predicted molar refractivity (Wildman–Crippen MR) is 83.2 cm³/mol. The summed E-state index contributed by atoms with van der Waals surface area (Å²) in [5.41, 5.74) is 5.55. The van der Waals surface area contributed by atoms with E-state index in [1.54, 1.807) is 16.7 Å². The minimum atomic E-state index is -0.412. The van der Waals surface area contributed by atoms with E-state index in [2.05, 4.69) is 0 Å². The Bertz CT molecular complexity index is 397. The van der Waals surface area contributed by atoms with Crippen molar-refractivity contribution in [3.63, 3.8) is 0 Å². The lowest BCUT2D eigenvalue weighted by Gasteiger charge is -2.38. The largest absolute Gasteiger partial charge is 0.441 e. The van der Waals surface area contributed by atoms with E-state index in [0.717, 1.165) is 5.75 Å². The van der Waals surface area contributed by atoms with Gasteiger partial charge in [-0.2, -0.15) is 11.8 Å². The van der Waals surface area contributed by atoms with Crippen molar-refractivity contribution in [2.45, 2.75) is 37.8 Å². The first-order valence-electron chi connectivity index (χ1n) is 7.52. The van der Waals surface area contributed by atoms with Gasteiger partial charge in [0, 0.05) is 32.5 Å². The Morgan fingerprint density at radius 1 is 1.48 bits per heavy atom. The van der Waals surface area contributed by atoms with Gasteiger partial charge in [-0.3, -0.25) is 4.79 Å². The zero-order valence-electron chi connectivity index (χ0n) is 12.8. The number of nitrogens with two attached hydrogens (primary N) is 1. The van der Waals surface area contributed by atoms with Crippen LogP contribution in [0.3, 0.4) is 0 Å². The van der Waals surface area contributed by atoms with Gasteiger partial charge >= 0.3 is 6.09 Å². The van der Waals surface area contributed by atoms with Crippen molar-refractivity contribution in [2.24, 2.45) is 5.73 Å². The van der Waals surface area contributed by atoms with Gasteiger partial charge in [0.15, 0.2) is 0 Å². The summed E-state index contributed by atoms with van der Waals surface area (Å²) in [6.45, 7) is 4.50. The Labute approximate surface area is 130 Å². The Hall–Kier alpha value is -0.950. The molecule has 0 aromatic heterocycles. The Kier molecular flexibility index (Phi) is 5.37. The van der Waals surface area contributed by atoms with Crippen molar-refractivity contribution < 1.29 is 14.3 Å². The van der Waals surface area contributed by atoms with Crippen LogP contribution in [0.4, 0.5) is 4.79 Å². The van der Waals surface area contributed by atoms with Crippen molar-refractivity contribution in [2.75, 3.05) is 38.2 Å². The highest BCUT2D eigenvalue weighted by atomic mass is 32.2. The first-order chi connectivity index (χ1) is 10.0. The average Bonchev–Trinajstić information content (AvgIpc) is 2.80. The molecule has 2 heterocycles. The number of ether oxygens (including phenoxy) is 1. The number of likely N-dealkylation sites (tertiary alicyclic amines) is 1. The molecule has 2 saturated heterocycles. The van der Waals surface area contributed by atoms with Gasteiger partial charge in [0.2, 0.25) is 5.91 Å². The molecule has 21 heavy (non-hydrogen) atoms. The van der Waals surface area contributed by atoms with Crippen molar-refractivity contribution in [3.8, 4) is 0 Å². The van der Waals surface area contributed by atoms with Gasteiger partial charge in [-0.1, -0.05) is 0 Å². The summed E-state index contributed by atoms with van der Waals surface area (Å²) in [5, 5.41) is 0. The standard InChI is InChI=1S/C14H25N3O3S/c1-3-16-10-14(20-13(16)19)5-7-17(8-6-14)12(18)11(15)4-9-21-2/h11H,3-10,15H2,1-2H3. The smallest absolute Gasteiger partial charge is 0.410 e. The lowest BCUT2D eigenvalue weighted by Crippen LogP contribution is -2.52. The van der Waals surface area contributed by atoms with Crippen LogP contribution >= 0.6 is 11.8 Å². The van der Waals surface area contributed by atoms with Gasteiger partial charge in [0.25, 0.3) is 0 Å². The molecule has 7 heteroatoms. The molecule has 0 aliphatic carbocycles. The molecule has 2 rings (SSSR count). The van der Waals surface area contributed by atoms with Crippen LogP contribution in [0.5, 0.6) is 0 Å². The molecule has 2 fully saturated rings. The van der Waals surface area contributed by atoms with Crippen LogP contribution in [-0.2, 0) is 9.53 Å². The summed E-state index contributed by atoms with van der Waals surface area (Å²) in [6.07, 6.45) is 3.90. The van der Waals surface area contributed by atoms with Gasteiger partial charge in [0.05, 0.1) is 12.6 Å². The number of thioether (sulfide) groups is 1. The molecule has 2 aliphatic rings. The summed E-state index contributed by atoms with van der Waals surface area (Å²) >= 11 is 1.70. The molecule has 0 saturated carbocycles. The highest BCUT2D eigenvalue weighted by Gasteiger charge is 2.47. The molecule has 2 amide bonds. The number of carbonyl (C=O) groups excluding carboxylic acids is 2. The molecule has 2 aliphatic heterocycles. The molecule has 0 bridgehead atoms. The molecule has 0 aromatic rings. The summed E-state index contributed by atoms with van der Waals surface area (Å²) in [6, 6.07) is -0.412. The quantitative estimate of drug-likeness (QED) is 0.816. The maximum absolute atomic E-state index is 12.3. The zero-order valence-corrected chi connectivity index (χ0v) is 13.7. The van der Waals surface area contributed by atoms with E-state index in [-0.39, 0.29) is 12.0 Å². The first-order valence-corrected chi connectivity index (χ1v) is 8.92. The molecule has 120 valence electrons. The van der Waals surface area contributed by atoms with Gasteiger partial charge in [-0.25, -0.2) is 4.79 Å². The van der Waals surface area contributed by atoms with E-state index in [4.69, 9.17) is 10.5 Å². The topological polar surface area (TPSA) is 75.9 Å². The third kappa shape index (κ3) is 3.63. The highest BCUT2D eigenvalue weighted by Crippen LogP contribution is 2.33. The number of carbonyl (C=O) groups is 2. The van der Waals surface area contributed by atoms with Crippen LogP contribution in [0.15, 0.2) is 0 Å². The van der Waals surface area contributed by atoms with Crippen LogP contribution < -0.4 is 5.73 Å². The summed E-state index contributed by atoms with van der Waals surface area (Å²) in [4.78, 5) is 27.5. The van der Waals surface area contributed by atoms with Crippen molar-refractivity contribution in [1.29, 1.82) is 0 Å². The molecule has 0 aromatic carbocycles. The van der Waals surface area contributed by atoms with Crippen LogP contribution in [0.25, 0.3) is 0 Å². The molecule has 1 unspecified atom stereocenters. The number of piperidine rings is 1. The molecule has 2 N–H and O–H groups in total. The minimum absolute atomic E-state index is 0.0237. The van der Waals surface area contributed by atoms with E-state index in [1.165, 1.54) is 0 Å². The molecular weight excluding hydrogens is 290 g/mol. The Morgan fingerprint density at radius 3 is 2.67 bits per heavy atom. The lowest BCUT2D eigenvalue weighted by atomic mass is 9.91. The van der Waals surface area contributed by atoms with E-state index in [0.29, 0.717) is 45.4 Å². The second kappa shape index (κ2) is 6.87. The fourth-order valence-electron chi connectivity index (χ4n) is 2.93. The van der Waals surface area contributed by atoms with Gasteiger partial charge < -0.3 is 20.3 Å². The van der Waals surface area contributed by atoms with Crippen LogP contribution in [0.1, 0.15) is 26.2 Å². The number of rotatable bonds is 5. The summed E-state index contributed by atoms with van der Waals surface area (Å²) < 4.78 is 5.56. The Balaban J connectivity index is 1.86. The maximum Gasteiger partial charge on any atom is 0.410 e. The number of hydrogen-bond acceptors (Lipinski definition) is 5. The monoisotopic (exact) mass is 315 g/mol. The molecule has 6 nitrogen and oxygen atoms in total. The number of hydrogen-bond donors (Lipinski definition) is 1. The summed E-state index contributed by atoms with van der Waals surface area (Å²) in [5.74, 6) is 0.920. The van der Waals surface area contributed by atoms with Gasteiger partial charge in [0.1, 0.15) is 5.60 Å². The number of likely N-dealkylation sites (N-methyl/N-ethyl adjacent to an activating group) is 1. The molecule has 1 spiro atoms. The van der Waals surface area contributed by atoms with E-state index < -0.39 is 11.6 Å². The van der Waals surface area contributed by atoms with E-state index in [9.17, 15) is 9.59 Å². The van der Waals surface area contributed by atoms with Crippen LogP contribution in [-0.4, -0.2) is 71.6 Å². The maximum atomic E-state index is 12.3. The molecular formula is C14H25N3O3S. The number of nitrogens with zero attached hydrogens (tertiary/aromatic N) is 2. The van der Waals surface area contributed by atoms with Crippen molar-refractivity contribution in [3.05, 3.63) is 0 Å². The van der Waals surface area contributed by atoms with E-state index >= 15 is 0 Å². The second-order valence-electron chi connectivity index (χ2n) is 5.78. The fourth-order valence-corrected chi connectivity index (χ4v) is 3.42. The number of amides is 2. The van der Waals surface area contributed by atoms with Crippen LogP contribution in [0, 0.1) is 0 Å². The van der Waals surface area contributed by atoms with Crippen molar-refractivity contribution in [1.82, 2.24) is 9.80 Å². The minimum Gasteiger partial charge on any atom is -0.441 e. The molecule has 0 radical (unpaired) electrons. The Morgan fingerprint density at radius 2 is 2.14 bits per heavy atom. The van der Waals surface area contributed by atoms with Crippen molar-refractivity contribution >= 4 is 23.8 Å². The lowest BCUT2D eigenvalue weighted by molar-refractivity contribution is -0.136. The second-order valence-corrected chi connectivity index (χ2v) is 6.76. The fraction of sp³-hybridized carbons (Fsp3) is 0.857. The van der Waals surface area contributed by atoms with E-state index in [1.807, 2.05) is 18.1 Å². The zero-order chi connectivity index (χ0) is 15.5. The predicted octanol–water partition coefficient (Wildman–Crippen LogP) is 0.900. The van der Waals surface area contributed by atoms with Gasteiger partial charge in [-0.05, 0) is 25.4 Å². The third-order valence-corrected chi connectivity index (χ3v) is 5.00. The molecule has 1 atom stereocenters. The SMILES string of the molecule is CCN1CC2(CCN(C(=O)C(N)CCSC)CC2)OC1=O. The van der Waals surface area contributed by atoms with Crippen LogP contribution in [0.2, 0.25) is 0 Å². The first kappa shape index (κ1) is 16.4. The normalized spacial score (nSPS) is 22.5. The van der Waals surface area contributed by atoms with Gasteiger partial charge in [-0.15, -0.1) is 0 Å².